The van der Waals surface area contributed by atoms with Crippen molar-refractivity contribution in [3.05, 3.63) is 51.5 Å². The van der Waals surface area contributed by atoms with E-state index in [1.807, 2.05) is 35.2 Å². The van der Waals surface area contributed by atoms with E-state index in [0.29, 0.717) is 28.2 Å². The van der Waals surface area contributed by atoms with Gasteiger partial charge in [0.05, 0.1) is 15.5 Å². The van der Waals surface area contributed by atoms with Crippen LogP contribution in [0.5, 0.6) is 0 Å². The molecule has 29 heavy (non-hydrogen) atoms. The second-order valence-corrected chi connectivity index (χ2v) is 8.31. The smallest absolute Gasteiger partial charge is 0.253 e. The standard InChI is InChI=1S/C22H23N3O3S/c1-24-9-11-25(12-10-24)22(28)16-6-4-5-15(13-16)21-23-18-7-2-3-8-19(27)17(14-26)20(18)29-21/h4-8,13-14,27H,2-3,9-12H2,1H3/b18-7?,19-8+,20-17+. The normalized spacial score (nSPS) is 21.3. The Morgan fingerprint density at radius 3 is 2.69 bits per heavy atom. The molecule has 0 spiro atoms. The molecule has 7 heteroatoms. The van der Waals surface area contributed by atoms with Crippen LogP contribution in [-0.4, -0.2) is 65.3 Å². The molecule has 1 fully saturated rings. The van der Waals surface area contributed by atoms with E-state index < -0.39 is 0 Å². The average Bonchev–Trinajstić information content (AvgIpc) is 3.14. The van der Waals surface area contributed by atoms with Crippen molar-refractivity contribution in [3.63, 3.8) is 0 Å². The van der Waals surface area contributed by atoms with Crippen molar-refractivity contribution in [1.29, 1.82) is 0 Å². The second-order valence-electron chi connectivity index (χ2n) is 7.31. The number of thiazole rings is 1. The summed E-state index contributed by atoms with van der Waals surface area (Å²) in [5, 5.41) is 11.6. The summed E-state index contributed by atoms with van der Waals surface area (Å²) in [4.78, 5) is 33.3. The van der Waals surface area contributed by atoms with Crippen molar-refractivity contribution in [2.45, 2.75) is 12.8 Å². The molecule has 0 unspecified atom stereocenters. The van der Waals surface area contributed by atoms with Crippen LogP contribution >= 0.6 is 11.3 Å². The number of hydrogen-bond acceptors (Lipinski definition) is 6. The molecule has 1 saturated heterocycles. The average molecular weight is 410 g/mol. The summed E-state index contributed by atoms with van der Waals surface area (Å²) in [6.07, 6.45) is 5.73. The summed E-state index contributed by atoms with van der Waals surface area (Å²) in [6.45, 7) is 3.20. The maximum atomic E-state index is 12.9. The first-order valence-electron chi connectivity index (χ1n) is 9.71. The molecule has 1 N–H and O–H groups in total. The number of piperazine rings is 1. The van der Waals surface area contributed by atoms with Crippen LogP contribution in [-0.2, 0) is 4.79 Å². The lowest BCUT2D eigenvalue weighted by molar-refractivity contribution is -0.103. The third-order valence-corrected chi connectivity index (χ3v) is 6.43. The number of benzene rings is 1. The minimum atomic E-state index is 0.00328. The van der Waals surface area contributed by atoms with Gasteiger partial charge >= 0.3 is 0 Å². The van der Waals surface area contributed by atoms with Crippen molar-refractivity contribution in [2.24, 2.45) is 0 Å². The van der Waals surface area contributed by atoms with Crippen LogP contribution in [0.1, 0.15) is 23.2 Å². The zero-order valence-corrected chi connectivity index (χ0v) is 17.1. The van der Waals surface area contributed by atoms with E-state index in [1.54, 1.807) is 6.08 Å². The molecule has 1 aliphatic heterocycles. The van der Waals surface area contributed by atoms with E-state index >= 15 is 0 Å². The van der Waals surface area contributed by atoms with Gasteiger partial charge in [0.25, 0.3) is 5.91 Å². The van der Waals surface area contributed by atoms with E-state index in [9.17, 15) is 14.7 Å². The number of aliphatic hydroxyl groups is 1. The monoisotopic (exact) mass is 409 g/mol. The maximum absolute atomic E-state index is 12.9. The first-order valence-corrected chi connectivity index (χ1v) is 10.5. The van der Waals surface area contributed by atoms with Gasteiger partial charge in [-0.1, -0.05) is 18.2 Å². The highest BCUT2D eigenvalue weighted by molar-refractivity contribution is 7.13. The Kier molecular flexibility index (Phi) is 5.60. The Labute approximate surface area is 173 Å². The van der Waals surface area contributed by atoms with Gasteiger partial charge in [0.15, 0.2) is 6.29 Å². The van der Waals surface area contributed by atoms with E-state index in [1.165, 1.54) is 11.3 Å². The molecule has 2 aliphatic rings. The molecule has 0 bridgehead atoms. The van der Waals surface area contributed by atoms with Gasteiger partial charge in [-0.15, -0.1) is 11.3 Å². The summed E-state index contributed by atoms with van der Waals surface area (Å²) in [5.74, 6) is 0.0331. The molecule has 1 amide bonds. The highest BCUT2D eigenvalue weighted by Gasteiger charge is 2.21. The number of aliphatic hydroxyl groups excluding tert-OH is 1. The third-order valence-electron chi connectivity index (χ3n) is 5.28. The summed E-state index contributed by atoms with van der Waals surface area (Å²) >= 11 is 1.36. The summed E-state index contributed by atoms with van der Waals surface area (Å²) in [7, 11) is 2.06. The number of nitrogens with zero attached hydrogens (tertiary/aromatic N) is 3. The van der Waals surface area contributed by atoms with Crippen molar-refractivity contribution < 1.29 is 14.7 Å². The predicted molar refractivity (Wildman–Crippen MR) is 114 cm³/mol. The molecular formula is C22H23N3O3S. The molecule has 150 valence electrons. The van der Waals surface area contributed by atoms with Crippen molar-refractivity contribution in [3.8, 4) is 10.6 Å². The molecule has 0 radical (unpaired) electrons. The fraction of sp³-hybridized carbons (Fsp3) is 0.318. The second kappa shape index (κ2) is 8.31. The number of carbonyl (C=O) groups excluding carboxylic acids is 2. The maximum Gasteiger partial charge on any atom is 0.253 e. The first kappa shape index (κ1) is 19.5. The van der Waals surface area contributed by atoms with Crippen LogP contribution in [0, 0.1) is 0 Å². The number of carbonyl (C=O) groups is 2. The van der Waals surface area contributed by atoms with E-state index in [-0.39, 0.29) is 17.2 Å². The fourth-order valence-corrected chi connectivity index (χ4v) is 4.62. The van der Waals surface area contributed by atoms with Gasteiger partial charge in [0.1, 0.15) is 10.8 Å². The van der Waals surface area contributed by atoms with E-state index in [2.05, 4.69) is 11.9 Å². The molecule has 1 aromatic heterocycles. The molecular weight excluding hydrogens is 386 g/mol. The topological polar surface area (TPSA) is 73.7 Å². The third kappa shape index (κ3) is 4.02. The van der Waals surface area contributed by atoms with Gasteiger partial charge in [0.2, 0.25) is 0 Å². The van der Waals surface area contributed by atoms with E-state index in [0.717, 1.165) is 43.2 Å². The minimum absolute atomic E-state index is 0.00328. The number of likely N-dealkylation sites (N-methyl/N-ethyl adjacent to an activating group) is 1. The fourth-order valence-electron chi connectivity index (χ4n) is 3.54. The van der Waals surface area contributed by atoms with Crippen LogP contribution in [0.3, 0.4) is 0 Å². The summed E-state index contributed by atoms with van der Waals surface area (Å²) in [6, 6.07) is 7.48. The quantitative estimate of drug-likeness (QED) is 0.779. The molecule has 6 nitrogen and oxygen atoms in total. The van der Waals surface area contributed by atoms with Crippen molar-refractivity contribution in [1.82, 2.24) is 14.8 Å². The van der Waals surface area contributed by atoms with Crippen LogP contribution in [0.4, 0.5) is 0 Å². The van der Waals surface area contributed by atoms with Gasteiger partial charge in [-0.2, -0.15) is 0 Å². The van der Waals surface area contributed by atoms with Crippen LogP contribution in [0.2, 0.25) is 0 Å². The number of rotatable bonds is 3. The SMILES string of the molecule is CN1CCN(C(=O)c2cccc(-c3nc4/c(s3)=C(C=O)\C(O)=C/CCC=4)c2)CC1. The molecule has 0 saturated carbocycles. The van der Waals surface area contributed by atoms with Gasteiger partial charge in [-0.25, -0.2) is 4.98 Å². The van der Waals surface area contributed by atoms with Crippen molar-refractivity contribution >= 4 is 35.2 Å². The predicted octanol–water partition coefficient (Wildman–Crippen LogP) is 1.56. The molecule has 2 aromatic rings. The van der Waals surface area contributed by atoms with Gasteiger partial charge < -0.3 is 14.9 Å². The van der Waals surface area contributed by atoms with Gasteiger partial charge in [0, 0.05) is 37.3 Å². The molecule has 4 rings (SSSR count). The van der Waals surface area contributed by atoms with Crippen LogP contribution in [0.25, 0.3) is 22.2 Å². The number of fused-ring (bicyclic) bond motifs is 1. The minimum Gasteiger partial charge on any atom is -0.507 e. The lowest BCUT2D eigenvalue weighted by Crippen LogP contribution is -2.47. The number of hydrogen-bond donors (Lipinski definition) is 1. The van der Waals surface area contributed by atoms with Gasteiger partial charge in [-0.05, 0) is 38.1 Å². The highest BCUT2D eigenvalue weighted by Crippen LogP contribution is 2.22. The molecule has 2 heterocycles. The molecule has 1 aliphatic carbocycles. The lowest BCUT2D eigenvalue weighted by atomic mass is 10.1. The molecule has 0 atom stereocenters. The van der Waals surface area contributed by atoms with Gasteiger partial charge in [-0.3, -0.25) is 9.59 Å². The largest absolute Gasteiger partial charge is 0.507 e. The first-order chi connectivity index (χ1) is 14.1. The lowest BCUT2D eigenvalue weighted by Gasteiger charge is -2.32. The summed E-state index contributed by atoms with van der Waals surface area (Å²) in [5.41, 5.74) is 1.74. The Balaban J connectivity index is 1.72. The Morgan fingerprint density at radius 1 is 1.17 bits per heavy atom. The Morgan fingerprint density at radius 2 is 1.93 bits per heavy atom. The van der Waals surface area contributed by atoms with Crippen LogP contribution in [0.15, 0.2) is 36.1 Å². The summed E-state index contributed by atoms with van der Waals surface area (Å²) < 4.78 is 0.666. The highest BCUT2D eigenvalue weighted by atomic mass is 32.1. The Bertz CT molecular complexity index is 1090. The van der Waals surface area contributed by atoms with Crippen molar-refractivity contribution in [2.75, 3.05) is 33.2 Å². The zero-order chi connectivity index (χ0) is 20.4. The number of amides is 1. The zero-order valence-electron chi connectivity index (χ0n) is 16.3. The number of allylic oxidation sites excluding steroid dienone is 2. The number of aromatic nitrogens is 1. The number of aldehydes is 1. The van der Waals surface area contributed by atoms with Crippen LogP contribution < -0.4 is 9.88 Å². The Hall–Kier alpha value is -2.77. The molecule has 1 aromatic carbocycles. The van der Waals surface area contributed by atoms with E-state index in [4.69, 9.17) is 4.98 Å².